The summed E-state index contributed by atoms with van der Waals surface area (Å²) in [5, 5.41) is 5.46. The van der Waals surface area contributed by atoms with Crippen LogP contribution in [0.4, 0.5) is 21.0 Å². The van der Waals surface area contributed by atoms with Gasteiger partial charge in [0, 0.05) is 90.1 Å². The predicted molar refractivity (Wildman–Crippen MR) is 265 cm³/mol. The molecule has 0 fully saturated rings. The molecule has 0 atom stereocenters. The molecule has 2 aromatic carbocycles. The third kappa shape index (κ3) is 16.8. The minimum Gasteiger partial charge on any atom is -0.444 e. The highest BCUT2D eigenvalue weighted by Gasteiger charge is 2.27. The van der Waals surface area contributed by atoms with Crippen LogP contribution in [0.25, 0.3) is 12.2 Å². The maximum absolute atomic E-state index is 13.5. The van der Waals surface area contributed by atoms with Gasteiger partial charge < -0.3 is 19.3 Å². The molecule has 0 saturated heterocycles. The Morgan fingerprint density at radius 2 is 1.11 bits per heavy atom. The van der Waals surface area contributed by atoms with E-state index in [0.717, 1.165) is 46.8 Å². The van der Waals surface area contributed by atoms with Crippen molar-refractivity contribution in [3.63, 3.8) is 0 Å². The smallest absolute Gasteiger partial charge is 0.413 e. The molecular formula is C51H66BrN7O7. The number of rotatable bonds is 13. The molecular weight excluding hydrogens is 903 g/mol. The van der Waals surface area contributed by atoms with Gasteiger partial charge in [-0.1, -0.05) is 61.8 Å². The molecule has 66 heavy (non-hydrogen) atoms. The molecule has 0 aliphatic carbocycles. The van der Waals surface area contributed by atoms with E-state index in [4.69, 9.17) is 14.5 Å². The Labute approximate surface area is 398 Å². The molecule has 2 aliphatic heterocycles. The van der Waals surface area contributed by atoms with Crippen molar-refractivity contribution < 1.29 is 33.4 Å². The minimum absolute atomic E-state index is 0.0249. The third-order valence-corrected chi connectivity index (χ3v) is 10.2. The average Bonchev–Trinajstić information content (AvgIpc) is 3.52. The number of hydrogen-bond donors (Lipinski definition) is 2. The number of aliphatic imine (C=N–C) groups is 2. The number of alkyl carbamates (subject to hydrolysis) is 2. The Morgan fingerprint density at radius 3 is 1.53 bits per heavy atom. The first-order valence-electron chi connectivity index (χ1n) is 22.7. The number of fused-ring (bicyclic) bond motifs is 2. The van der Waals surface area contributed by atoms with Gasteiger partial charge in [0.1, 0.15) is 22.9 Å². The van der Waals surface area contributed by atoms with Crippen molar-refractivity contribution in [1.29, 1.82) is 0 Å². The molecule has 2 aliphatic rings. The Kier molecular flexibility index (Phi) is 19.6. The molecule has 4 amide bonds. The zero-order valence-corrected chi connectivity index (χ0v) is 41.8. The zero-order chi connectivity index (χ0) is 48.6. The summed E-state index contributed by atoms with van der Waals surface area (Å²) in [6.45, 7) is 21.6. The largest absolute Gasteiger partial charge is 0.444 e. The maximum Gasteiger partial charge on any atom is 0.413 e. The van der Waals surface area contributed by atoms with Crippen LogP contribution in [0, 0.1) is 0 Å². The van der Waals surface area contributed by atoms with Crippen LogP contribution < -0.4 is 10.6 Å². The second kappa shape index (κ2) is 24.5. The van der Waals surface area contributed by atoms with Gasteiger partial charge in [0.2, 0.25) is 11.8 Å². The fourth-order valence-electron chi connectivity index (χ4n) is 7.05. The van der Waals surface area contributed by atoms with E-state index in [2.05, 4.69) is 50.4 Å². The molecule has 5 rings (SSSR count). The minimum atomic E-state index is -0.680. The molecule has 14 nitrogen and oxygen atoms in total. The van der Waals surface area contributed by atoms with Crippen molar-refractivity contribution >= 4 is 80.9 Å². The van der Waals surface area contributed by atoms with Gasteiger partial charge in [0.05, 0.1) is 11.4 Å². The summed E-state index contributed by atoms with van der Waals surface area (Å²) in [6.07, 6.45) is 9.69. The van der Waals surface area contributed by atoms with E-state index in [9.17, 15) is 24.0 Å². The van der Waals surface area contributed by atoms with Crippen LogP contribution in [0.5, 0.6) is 0 Å². The lowest BCUT2D eigenvalue weighted by atomic mass is 10.0. The first-order valence-corrected chi connectivity index (χ1v) is 23.5. The second-order valence-electron chi connectivity index (χ2n) is 18.1. The van der Waals surface area contributed by atoms with Gasteiger partial charge in [-0.05, 0) is 115 Å². The number of hydrogen-bond acceptors (Lipinski definition) is 10. The van der Waals surface area contributed by atoms with E-state index >= 15 is 0 Å². The molecule has 3 aromatic rings. The van der Waals surface area contributed by atoms with Crippen LogP contribution in [0.15, 0.2) is 86.5 Å². The summed E-state index contributed by atoms with van der Waals surface area (Å²) < 4.78 is 11.7. The molecule has 0 unspecified atom stereocenters. The number of amidine groups is 2. The van der Waals surface area contributed by atoms with Crippen LogP contribution in [0.1, 0.15) is 135 Å². The van der Waals surface area contributed by atoms with Crippen LogP contribution in [-0.2, 0) is 25.5 Å². The van der Waals surface area contributed by atoms with E-state index in [-0.39, 0.29) is 36.9 Å². The molecule has 0 saturated carbocycles. The molecule has 354 valence electrons. The van der Waals surface area contributed by atoms with Gasteiger partial charge in [-0.3, -0.25) is 30.0 Å². The number of halogens is 1. The zero-order valence-electron chi connectivity index (χ0n) is 40.2. The maximum atomic E-state index is 13.5. The Balaban J connectivity index is 0.000000297. The number of ketones is 1. The number of nitrogens with zero attached hydrogens (tertiary/aromatic N) is 5. The van der Waals surface area contributed by atoms with E-state index in [0.29, 0.717) is 65.9 Å². The van der Waals surface area contributed by atoms with Crippen molar-refractivity contribution in [1.82, 2.24) is 25.4 Å². The van der Waals surface area contributed by atoms with E-state index in [1.165, 1.54) is 0 Å². The molecule has 1 aromatic heterocycles. The second-order valence-corrected chi connectivity index (χ2v) is 19.0. The SMILES string of the molecule is CCCN(CCC)C(=O)C1=Cc2ccc(Br)cc2N=C(NC(=O)OC(C)(C)C)C1.CCCN(CCC)C(=O)C1=Cc2ccc(CC(=O)c3cccnc3)cc2N=C(NC(=O)OC(C)(C)C)C1. The van der Waals surface area contributed by atoms with Crippen LogP contribution in [-0.4, -0.2) is 93.6 Å². The molecule has 15 heteroatoms. The first kappa shape index (κ1) is 52.7. The summed E-state index contributed by atoms with van der Waals surface area (Å²) in [6, 6.07) is 14.7. The Morgan fingerprint density at radius 1 is 0.652 bits per heavy atom. The van der Waals surface area contributed by atoms with Gasteiger partial charge in [-0.15, -0.1) is 0 Å². The number of amides is 4. The van der Waals surface area contributed by atoms with Gasteiger partial charge in [-0.25, -0.2) is 19.6 Å². The van der Waals surface area contributed by atoms with E-state index in [1.807, 2.05) is 72.2 Å². The normalized spacial score (nSPS) is 13.3. The van der Waals surface area contributed by atoms with E-state index < -0.39 is 23.4 Å². The number of carbonyl (C=O) groups is 5. The fraction of sp³-hybridized carbons (Fsp3) is 0.451. The predicted octanol–water partition coefficient (Wildman–Crippen LogP) is 10.9. The lowest BCUT2D eigenvalue weighted by Crippen LogP contribution is -2.38. The fourth-order valence-corrected chi connectivity index (χ4v) is 7.40. The van der Waals surface area contributed by atoms with Gasteiger partial charge in [0.25, 0.3) is 0 Å². The molecule has 0 radical (unpaired) electrons. The van der Waals surface area contributed by atoms with Crippen molar-refractivity contribution in [2.45, 2.75) is 125 Å². The lowest BCUT2D eigenvalue weighted by Gasteiger charge is -2.23. The van der Waals surface area contributed by atoms with Crippen molar-refractivity contribution in [3.05, 3.63) is 98.8 Å². The highest BCUT2D eigenvalue weighted by molar-refractivity contribution is 9.10. The topological polar surface area (TPSA) is 172 Å². The number of nitrogens with one attached hydrogen (secondary N) is 2. The number of pyridine rings is 1. The van der Waals surface area contributed by atoms with Gasteiger partial charge >= 0.3 is 12.2 Å². The standard InChI is InChI=1S/C29H36N4O4.C22H30BrN3O3/c1-6-13-33(14-7-2)27(35)23-17-21-11-10-20(16-25(34)22-9-8-12-30-19-22)15-24(21)31-26(18-23)32-28(36)37-29(3,4)5;1-6-10-26(11-7-2)20(27)16-12-15-8-9-17(23)14-18(15)24-19(13-16)25-21(28)29-22(3,4)5/h8-12,15,17,19H,6-7,13-14,16,18H2,1-5H3,(H,31,32,36);8-9,12,14H,6-7,10-11,13H2,1-5H3,(H,24,25,28). The third-order valence-electron chi connectivity index (χ3n) is 9.71. The Bertz CT molecular complexity index is 2330. The van der Waals surface area contributed by atoms with Crippen LogP contribution >= 0.6 is 15.9 Å². The molecule has 2 N–H and O–H groups in total. The highest BCUT2D eigenvalue weighted by Crippen LogP contribution is 2.32. The first-order chi connectivity index (χ1) is 31.2. The van der Waals surface area contributed by atoms with Crippen molar-refractivity contribution in [2.75, 3.05) is 26.2 Å². The lowest BCUT2D eigenvalue weighted by molar-refractivity contribution is -0.128. The number of carbonyl (C=O) groups excluding carboxylic acids is 5. The molecule has 3 heterocycles. The molecule has 0 spiro atoms. The Hall–Kier alpha value is -5.96. The number of benzene rings is 2. The summed E-state index contributed by atoms with van der Waals surface area (Å²) >= 11 is 3.46. The summed E-state index contributed by atoms with van der Waals surface area (Å²) in [7, 11) is 0. The quantitative estimate of drug-likeness (QED) is 0.159. The van der Waals surface area contributed by atoms with Gasteiger partial charge in [0.15, 0.2) is 5.78 Å². The van der Waals surface area contributed by atoms with Gasteiger partial charge in [-0.2, -0.15) is 0 Å². The summed E-state index contributed by atoms with van der Waals surface area (Å²) in [5.41, 5.74) is 3.99. The summed E-state index contributed by atoms with van der Waals surface area (Å²) in [4.78, 5) is 81.3. The number of Topliss-reactive ketones (excluding diaryl/α,β-unsaturated/α-hetero) is 1. The van der Waals surface area contributed by atoms with Crippen molar-refractivity contribution in [3.8, 4) is 0 Å². The van der Waals surface area contributed by atoms with Crippen LogP contribution in [0.3, 0.4) is 0 Å². The monoisotopic (exact) mass is 967 g/mol. The highest BCUT2D eigenvalue weighted by atomic mass is 79.9. The summed E-state index contributed by atoms with van der Waals surface area (Å²) in [5.74, 6) is 0.549. The van der Waals surface area contributed by atoms with E-state index in [1.54, 1.807) is 66.1 Å². The molecule has 0 bridgehead atoms. The van der Waals surface area contributed by atoms with Crippen molar-refractivity contribution in [2.24, 2.45) is 9.98 Å². The average molecular weight is 969 g/mol. The van der Waals surface area contributed by atoms with Crippen LogP contribution in [0.2, 0.25) is 0 Å². The number of ether oxygens (including phenoxy) is 2. The number of aromatic nitrogens is 1.